The molecule has 296 valence electrons. The minimum absolute atomic E-state index is 0.0352. The minimum Gasteiger partial charge on any atom is -0.310 e. The highest BCUT2D eigenvalue weighted by Gasteiger charge is 2.35. The van der Waals surface area contributed by atoms with Crippen molar-refractivity contribution in [2.45, 2.75) is 0 Å². The van der Waals surface area contributed by atoms with Crippen LogP contribution in [0.2, 0.25) is 0 Å². The molecule has 0 saturated carbocycles. The van der Waals surface area contributed by atoms with Gasteiger partial charge in [0, 0.05) is 43.7 Å². The van der Waals surface area contributed by atoms with E-state index in [0.29, 0.717) is 0 Å². The quantitative estimate of drug-likeness (QED) is 0.154. The van der Waals surface area contributed by atoms with E-state index in [0.717, 1.165) is 5.69 Å². The molecule has 0 saturated heterocycles. The van der Waals surface area contributed by atoms with Gasteiger partial charge in [0.15, 0.2) is 0 Å². The van der Waals surface area contributed by atoms with Gasteiger partial charge in [-0.2, -0.15) is 0 Å². The zero-order valence-corrected chi connectivity index (χ0v) is 34.9. The topological polar surface area (TPSA) is 14.8 Å². The van der Waals surface area contributed by atoms with Gasteiger partial charge in [-0.05, 0) is 93.8 Å². The fourth-order valence-electron chi connectivity index (χ4n) is 11.2. The predicted octanol–water partition coefficient (Wildman–Crippen LogP) is 13.1. The third-order valence-corrected chi connectivity index (χ3v) is 13.9. The Morgan fingerprint density at radius 3 is 1.53 bits per heavy atom. The van der Waals surface area contributed by atoms with E-state index in [1.807, 2.05) is 0 Å². The first-order chi connectivity index (χ1) is 31.8. The molecule has 4 heteroatoms. The van der Waals surface area contributed by atoms with Crippen LogP contribution in [0.4, 0.5) is 0 Å². The Morgan fingerprint density at radius 1 is 0.281 bits per heavy atom. The monoisotopic (exact) mass is 811 g/mol. The van der Waals surface area contributed by atoms with Crippen molar-refractivity contribution in [2.24, 2.45) is 0 Å². The van der Waals surface area contributed by atoms with Crippen LogP contribution in [-0.4, -0.2) is 20.4 Å². The molecule has 10 aromatic carbocycles. The van der Waals surface area contributed by atoms with Crippen molar-refractivity contribution in [3.8, 4) is 39.3 Å². The van der Waals surface area contributed by atoms with Gasteiger partial charge >= 0.3 is 0 Å². The molecule has 4 heterocycles. The summed E-state index contributed by atoms with van der Waals surface area (Å²) in [5.41, 5.74) is 19.7. The maximum absolute atomic E-state index is 2.54. The van der Waals surface area contributed by atoms with Gasteiger partial charge in [0.25, 0.3) is 0 Å². The molecule has 0 bridgehead atoms. The van der Waals surface area contributed by atoms with Crippen LogP contribution in [0.15, 0.2) is 231 Å². The SMILES string of the molecule is c1ccc(-c2ccc3c(c2)c2ccc(-c4ccccc4)cc2n3-c2ccc3c4c2c2ccccc2n4-c2ccccc2B3c2ccc(-n3c4ccccc4c4ccccc43)cc2)cc1. The fourth-order valence-corrected chi connectivity index (χ4v) is 11.2. The van der Waals surface area contributed by atoms with E-state index in [1.165, 1.54) is 115 Å². The number of para-hydroxylation sites is 4. The second kappa shape index (κ2) is 13.6. The van der Waals surface area contributed by atoms with Crippen LogP contribution >= 0.6 is 0 Å². The first kappa shape index (κ1) is 35.3. The lowest BCUT2D eigenvalue weighted by molar-refractivity contribution is 1.17. The van der Waals surface area contributed by atoms with Crippen LogP contribution in [0.3, 0.4) is 0 Å². The smallest absolute Gasteiger partial charge is 0.246 e. The van der Waals surface area contributed by atoms with Gasteiger partial charge in [-0.1, -0.05) is 175 Å². The standard InChI is InChI=1S/C60H38BN3/c1-3-15-39(16-4-1)41-28-35-55-49(37-41)47-33-27-42(40-17-5-2-6-18-40)38-58(47)63(55)57-36-34-51-60-59(57)48-21-9-13-25-54(48)64(60)56-26-14-10-22-50(56)61(51)43-29-31-44(32-30-43)62-52-23-11-7-19-45(52)46-20-8-12-24-53(46)62/h1-38H. The Balaban J connectivity index is 1.02. The third kappa shape index (κ3) is 4.99. The summed E-state index contributed by atoms with van der Waals surface area (Å²) in [6.07, 6.45) is 0. The molecule has 0 atom stereocenters. The van der Waals surface area contributed by atoms with E-state index in [2.05, 4.69) is 244 Å². The zero-order chi connectivity index (χ0) is 41.9. The van der Waals surface area contributed by atoms with E-state index >= 15 is 0 Å². The lowest BCUT2D eigenvalue weighted by Gasteiger charge is -2.28. The van der Waals surface area contributed by atoms with Crippen molar-refractivity contribution in [3.05, 3.63) is 231 Å². The number of rotatable bonds is 5. The van der Waals surface area contributed by atoms with E-state index in [-0.39, 0.29) is 6.71 Å². The molecular weight excluding hydrogens is 773 g/mol. The second-order valence-corrected chi connectivity index (χ2v) is 17.2. The Kier molecular flexibility index (Phi) is 7.49. The van der Waals surface area contributed by atoms with Crippen LogP contribution in [0.25, 0.3) is 105 Å². The molecule has 1 aliphatic rings. The van der Waals surface area contributed by atoms with Crippen molar-refractivity contribution in [3.63, 3.8) is 0 Å². The largest absolute Gasteiger partial charge is 0.310 e. The summed E-state index contributed by atoms with van der Waals surface area (Å²) in [6, 6.07) is 85.3. The maximum Gasteiger partial charge on any atom is 0.246 e. The first-order valence-corrected chi connectivity index (χ1v) is 22.2. The van der Waals surface area contributed by atoms with Crippen molar-refractivity contribution in [1.29, 1.82) is 0 Å². The number of aromatic nitrogens is 3. The lowest BCUT2D eigenvalue weighted by Crippen LogP contribution is -2.55. The second-order valence-electron chi connectivity index (χ2n) is 17.2. The molecule has 3 aromatic heterocycles. The van der Waals surface area contributed by atoms with Gasteiger partial charge in [-0.3, -0.25) is 0 Å². The molecular formula is C60H38BN3. The molecule has 0 aliphatic carbocycles. The normalized spacial score (nSPS) is 12.3. The molecule has 64 heavy (non-hydrogen) atoms. The van der Waals surface area contributed by atoms with Crippen molar-refractivity contribution < 1.29 is 0 Å². The van der Waals surface area contributed by atoms with Crippen molar-refractivity contribution >= 4 is 88.5 Å². The van der Waals surface area contributed by atoms with Crippen LogP contribution in [-0.2, 0) is 0 Å². The van der Waals surface area contributed by atoms with Gasteiger partial charge < -0.3 is 13.7 Å². The van der Waals surface area contributed by atoms with Crippen LogP contribution < -0.4 is 16.4 Å². The fraction of sp³-hybridized carbons (Fsp3) is 0. The summed E-state index contributed by atoms with van der Waals surface area (Å²) < 4.78 is 7.49. The average Bonchev–Trinajstić information content (AvgIpc) is 4.01. The molecule has 0 fully saturated rings. The molecule has 13 aromatic rings. The molecule has 0 radical (unpaired) electrons. The molecule has 0 amide bonds. The molecule has 0 N–H and O–H groups in total. The van der Waals surface area contributed by atoms with Crippen molar-refractivity contribution in [1.82, 2.24) is 13.7 Å². The molecule has 14 rings (SSSR count). The van der Waals surface area contributed by atoms with E-state index in [4.69, 9.17) is 0 Å². The van der Waals surface area contributed by atoms with Gasteiger partial charge in [-0.15, -0.1) is 0 Å². The van der Waals surface area contributed by atoms with E-state index < -0.39 is 0 Å². The number of benzene rings is 10. The van der Waals surface area contributed by atoms with Crippen molar-refractivity contribution in [2.75, 3.05) is 0 Å². The summed E-state index contributed by atoms with van der Waals surface area (Å²) in [5.74, 6) is 0. The first-order valence-electron chi connectivity index (χ1n) is 22.2. The highest BCUT2D eigenvalue weighted by molar-refractivity contribution is 6.98. The zero-order valence-electron chi connectivity index (χ0n) is 34.9. The van der Waals surface area contributed by atoms with Crippen LogP contribution in [0.1, 0.15) is 0 Å². The Bertz CT molecular complexity index is 3950. The van der Waals surface area contributed by atoms with Gasteiger partial charge in [0.2, 0.25) is 6.71 Å². The van der Waals surface area contributed by atoms with E-state index in [1.54, 1.807) is 0 Å². The molecule has 0 spiro atoms. The summed E-state index contributed by atoms with van der Waals surface area (Å²) in [4.78, 5) is 0. The third-order valence-electron chi connectivity index (χ3n) is 13.9. The molecule has 0 unspecified atom stereocenters. The lowest BCUT2D eigenvalue weighted by atomic mass is 9.35. The maximum atomic E-state index is 2.54. The predicted molar refractivity (Wildman–Crippen MR) is 271 cm³/mol. The Labute approximate surface area is 370 Å². The number of hydrogen-bond donors (Lipinski definition) is 0. The highest BCUT2D eigenvalue weighted by atomic mass is 15.0. The van der Waals surface area contributed by atoms with Crippen LogP contribution in [0, 0.1) is 0 Å². The number of nitrogens with zero attached hydrogens (tertiary/aromatic N) is 3. The van der Waals surface area contributed by atoms with E-state index in [9.17, 15) is 0 Å². The summed E-state index contributed by atoms with van der Waals surface area (Å²) in [6.45, 7) is 0.0352. The summed E-state index contributed by atoms with van der Waals surface area (Å²) in [5, 5.41) is 7.56. The van der Waals surface area contributed by atoms with Gasteiger partial charge in [0.1, 0.15) is 0 Å². The number of hydrogen-bond acceptors (Lipinski definition) is 0. The molecule has 3 nitrogen and oxygen atoms in total. The summed E-state index contributed by atoms with van der Waals surface area (Å²) in [7, 11) is 0. The average molecular weight is 812 g/mol. The van der Waals surface area contributed by atoms with Gasteiger partial charge in [0.05, 0.1) is 38.8 Å². The van der Waals surface area contributed by atoms with Gasteiger partial charge in [-0.25, -0.2) is 0 Å². The highest BCUT2D eigenvalue weighted by Crippen LogP contribution is 2.42. The number of fused-ring (bicyclic) bond motifs is 11. The van der Waals surface area contributed by atoms with Crippen LogP contribution in [0.5, 0.6) is 0 Å². The summed E-state index contributed by atoms with van der Waals surface area (Å²) >= 11 is 0. The minimum atomic E-state index is 0.0352. The molecule has 1 aliphatic heterocycles. The Morgan fingerprint density at radius 2 is 0.828 bits per heavy atom. The Hall–Kier alpha value is -8.34.